The monoisotopic (exact) mass is 334 g/mol. The molecule has 22 heavy (non-hydrogen) atoms. The standard InChI is InChI=1S/C13H20F2N4O2S/c1-13(21,8-5-3-2-4-6-8)7-16-11(20)17-12-19-18-10(22-12)9(14)15/h8-9,21H,2-7H2,1H3,(H2,16,17,19,20)/t13-/m0/s1. The molecule has 1 heterocycles. The first-order chi connectivity index (χ1) is 10.4. The van der Waals surface area contributed by atoms with Crippen LogP contribution in [0.4, 0.5) is 18.7 Å². The fraction of sp³-hybridized carbons (Fsp3) is 0.769. The maximum atomic E-state index is 12.4. The average molecular weight is 334 g/mol. The Morgan fingerprint density at radius 2 is 2.09 bits per heavy atom. The summed E-state index contributed by atoms with van der Waals surface area (Å²) >= 11 is 0.624. The smallest absolute Gasteiger partial charge is 0.321 e. The molecule has 1 fully saturated rings. The minimum absolute atomic E-state index is 0.00473. The van der Waals surface area contributed by atoms with Crippen LogP contribution >= 0.6 is 11.3 Å². The van der Waals surface area contributed by atoms with Gasteiger partial charge < -0.3 is 10.4 Å². The number of aromatic nitrogens is 2. The van der Waals surface area contributed by atoms with Gasteiger partial charge in [0.2, 0.25) is 5.13 Å². The van der Waals surface area contributed by atoms with Gasteiger partial charge in [0.25, 0.3) is 6.43 Å². The topological polar surface area (TPSA) is 87.1 Å². The normalized spacial score (nSPS) is 19.0. The fourth-order valence-electron chi connectivity index (χ4n) is 2.64. The van der Waals surface area contributed by atoms with Gasteiger partial charge >= 0.3 is 6.03 Å². The van der Waals surface area contributed by atoms with Gasteiger partial charge in [-0.3, -0.25) is 5.32 Å². The summed E-state index contributed by atoms with van der Waals surface area (Å²) in [6.07, 6.45) is 2.56. The number of carbonyl (C=O) groups excluding carboxylic acids is 1. The number of rotatable bonds is 5. The first-order valence-corrected chi connectivity index (χ1v) is 8.09. The van der Waals surface area contributed by atoms with Crippen LogP contribution in [0.5, 0.6) is 0 Å². The minimum atomic E-state index is -2.71. The Morgan fingerprint density at radius 1 is 1.41 bits per heavy atom. The highest BCUT2D eigenvalue weighted by Crippen LogP contribution is 2.32. The highest BCUT2D eigenvalue weighted by Gasteiger charge is 2.33. The molecule has 0 unspecified atom stereocenters. The van der Waals surface area contributed by atoms with Crippen LogP contribution in [0.1, 0.15) is 50.5 Å². The number of hydrogen-bond acceptors (Lipinski definition) is 5. The number of carbonyl (C=O) groups is 1. The van der Waals surface area contributed by atoms with Crippen LogP contribution < -0.4 is 10.6 Å². The lowest BCUT2D eigenvalue weighted by Gasteiger charge is -2.35. The molecule has 0 radical (unpaired) electrons. The van der Waals surface area contributed by atoms with Gasteiger partial charge in [-0.2, -0.15) is 0 Å². The van der Waals surface area contributed by atoms with Crippen LogP contribution in [0.15, 0.2) is 0 Å². The second-order valence-electron chi connectivity index (χ2n) is 5.75. The largest absolute Gasteiger partial charge is 0.388 e. The summed E-state index contributed by atoms with van der Waals surface area (Å²) in [7, 11) is 0. The predicted octanol–water partition coefficient (Wildman–Crippen LogP) is 2.93. The SMILES string of the molecule is C[C@](O)(CNC(=O)Nc1nnc(C(F)F)s1)C1CCCCC1. The van der Waals surface area contributed by atoms with E-state index in [0.717, 1.165) is 25.7 Å². The number of halogens is 2. The number of anilines is 1. The van der Waals surface area contributed by atoms with E-state index in [2.05, 4.69) is 20.8 Å². The molecule has 1 aliphatic rings. The van der Waals surface area contributed by atoms with Crippen LogP contribution in [0.25, 0.3) is 0 Å². The summed E-state index contributed by atoms with van der Waals surface area (Å²) in [6, 6.07) is -0.590. The summed E-state index contributed by atoms with van der Waals surface area (Å²) in [5, 5.41) is 21.7. The van der Waals surface area contributed by atoms with Crippen molar-refractivity contribution in [2.24, 2.45) is 5.92 Å². The Balaban J connectivity index is 1.81. The number of nitrogens with zero attached hydrogens (tertiary/aromatic N) is 2. The Hall–Kier alpha value is -1.35. The number of nitrogens with one attached hydrogen (secondary N) is 2. The molecule has 0 aromatic carbocycles. The van der Waals surface area contributed by atoms with Crippen molar-refractivity contribution in [2.75, 3.05) is 11.9 Å². The number of urea groups is 1. The van der Waals surface area contributed by atoms with Crippen LogP contribution in [-0.2, 0) is 0 Å². The van der Waals surface area contributed by atoms with Gasteiger partial charge in [0.05, 0.1) is 5.60 Å². The summed E-state index contributed by atoms with van der Waals surface area (Å²) in [6.45, 7) is 1.81. The van der Waals surface area contributed by atoms with Gasteiger partial charge in [-0.15, -0.1) is 10.2 Å². The third kappa shape index (κ3) is 4.57. The molecule has 0 aliphatic heterocycles. The Bertz CT molecular complexity index is 504. The lowest BCUT2D eigenvalue weighted by Crippen LogP contribution is -2.47. The van der Waals surface area contributed by atoms with Gasteiger partial charge in [0.1, 0.15) is 0 Å². The number of aliphatic hydroxyl groups is 1. The molecule has 6 nitrogen and oxygen atoms in total. The van der Waals surface area contributed by atoms with Gasteiger partial charge in [-0.1, -0.05) is 30.6 Å². The maximum absolute atomic E-state index is 12.4. The zero-order valence-electron chi connectivity index (χ0n) is 12.3. The summed E-state index contributed by atoms with van der Waals surface area (Å²) in [4.78, 5) is 11.7. The zero-order chi connectivity index (χ0) is 16.2. The molecule has 2 amide bonds. The average Bonchev–Trinajstić information content (AvgIpc) is 2.95. The number of alkyl halides is 2. The number of amides is 2. The molecule has 0 bridgehead atoms. The van der Waals surface area contributed by atoms with Crippen molar-refractivity contribution in [1.29, 1.82) is 0 Å². The Kier molecular flexibility index (Phi) is 5.63. The summed E-state index contributed by atoms with van der Waals surface area (Å²) < 4.78 is 24.7. The molecule has 0 saturated heterocycles. The van der Waals surface area contributed by atoms with E-state index >= 15 is 0 Å². The van der Waals surface area contributed by atoms with Crippen molar-refractivity contribution in [3.05, 3.63) is 5.01 Å². The highest BCUT2D eigenvalue weighted by atomic mass is 32.1. The van der Waals surface area contributed by atoms with E-state index in [0.29, 0.717) is 11.3 Å². The number of hydrogen-bond donors (Lipinski definition) is 3. The van der Waals surface area contributed by atoms with Gasteiger partial charge in [0, 0.05) is 6.54 Å². The highest BCUT2D eigenvalue weighted by molar-refractivity contribution is 7.15. The molecule has 1 aliphatic carbocycles. The molecule has 9 heteroatoms. The van der Waals surface area contributed by atoms with Crippen molar-refractivity contribution in [3.63, 3.8) is 0 Å². The first-order valence-electron chi connectivity index (χ1n) is 7.27. The van der Waals surface area contributed by atoms with E-state index in [9.17, 15) is 18.7 Å². The predicted molar refractivity (Wildman–Crippen MR) is 79.1 cm³/mol. The molecule has 3 N–H and O–H groups in total. The van der Waals surface area contributed by atoms with Crippen LogP contribution in [0.2, 0.25) is 0 Å². The van der Waals surface area contributed by atoms with E-state index in [1.54, 1.807) is 6.92 Å². The molecule has 1 aromatic heterocycles. The van der Waals surface area contributed by atoms with Gasteiger partial charge in [-0.05, 0) is 25.7 Å². The van der Waals surface area contributed by atoms with Crippen molar-refractivity contribution < 1.29 is 18.7 Å². The Labute approximate surface area is 131 Å². The van der Waals surface area contributed by atoms with Gasteiger partial charge in [0.15, 0.2) is 5.01 Å². The van der Waals surface area contributed by atoms with Crippen molar-refractivity contribution in [2.45, 2.75) is 51.1 Å². The molecule has 1 atom stereocenters. The lowest BCUT2D eigenvalue weighted by atomic mass is 9.78. The molecule has 0 spiro atoms. The van der Waals surface area contributed by atoms with Crippen LogP contribution in [0.3, 0.4) is 0 Å². The zero-order valence-corrected chi connectivity index (χ0v) is 13.1. The van der Waals surface area contributed by atoms with E-state index in [1.807, 2.05) is 0 Å². The van der Waals surface area contributed by atoms with E-state index < -0.39 is 23.1 Å². The van der Waals surface area contributed by atoms with Crippen LogP contribution in [0, 0.1) is 5.92 Å². The second kappa shape index (κ2) is 7.28. The van der Waals surface area contributed by atoms with Crippen LogP contribution in [-0.4, -0.2) is 33.5 Å². The molecule has 1 saturated carbocycles. The molecule has 1 aromatic rings. The molecule has 2 rings (SSSR count). The molecule has 124 valence electrons. The van der Waals surface area contributed by atoms with Crippen molar-refractivity contribution in [1.82, 2.24) is 15.5 Å². The van der Waals surface area contributed by atoms with Crippen molar-refractivity contribution in [3.8, 4) is 0 Å². The lowest BCUT2D eigenvalue weighted by molar-refractivity contribution is -0.0127. The summed E-state index contributed by atoms with van der Waals surface area (Å²) in [5.41, 5.74) is -0.979. The van der Waals surface area contributed by atoms with E-state index in [1.165, 1.54) is 6.42 Å². The third-order valence-corrected chi connectivity index (χ3v) is 4.79. The Morgan fingerprint density at radius 3 is 2.68 bits per heavy atom. The maximum Gasteiger partial charge on any atom is 0.321 e. The summed E-state index contributed by atoms with van der Waals surface area (Å²) in [5.74, 6) is 0.161. The molecular weight excluding hydrogens is 314 g/mol. The quantitative estimate of drug-likeness (QED) is 0.772. The first kappa shape index (κ1) is 17.0. The third-order valence-electron chi connectivity index (χ3n) is 3.94. The van der Waals surface area contributed by atoms with Gasteiger partial charge in [-0.25, -0.2) is 13.6 Å². The minimum Gasteiger partial charge on any atom is -0.388 e. The second-order valence-corrected chi connectivity index (χ2v) is 6.76. The van der Waals surface area contributed by atoms with E-state index in [-0.39, 0.29) is 17.6 Å². The van der Waals surface area contributed by atoms with Crippen molar-refractivity contribution >= 4 is 22.5 Å². The fourth-order valence-corrected chi connectivity index (χ4v) is 3.24. The molecular formula is C13H20F2N4O2S. The van der Waals surface area contributed by atoms with E-state index in [4.69, 9.17) is 0 Å².